The van der Waals surface area contributed by atoms with E-state index >= 15 is 0 Å². The van der Waals surface area contributed by atoms with Crippen molar-refractivity contribution in [3.63, 3.8) is 0 Å². The molecular formula is C20H31FIN3O. The second-order valence-electron chi connectivity index (χ2n) is 7.22. The van der Waals surface area contributed by atoms with E-state index in [9.17, 15) is 4.39 Å². The van der Waals surface area contributed by atoms with Crippen molar-refractivity contribution in [3.05, 3.63) is 35.6 Å². The highest BCUT2D eigenvalue weighted by Crippen LogP contribution is 2.35. The molecule has 26 heavy (non-hydrogen) atoms. The van der Waals surface area contributed by atoms with Crippen molar-refractivity contribution in [2.24, 2.45) is 4.99 Å². The number of hydrogen-bond donors (Lipinski definition) is 2. The molecule has 1 aliphatic carbocycles. The lowest BCUT2D eigenvalue weighted by Gasteiger charge is -2.36. The van der Waals surface area contributed by atoms with Crippen molar-refractivity contribution in [1.82, 2.24) is 10.6 Å². The number of guanidine groups is 1. The molecular weight excluding hydrogens is 444 g/mol. The summed E-state index contributed by atoms with van der Waals surface area (Å²) in [5, 5.41) is 6.96. The molecule has 2 N–H and O–H groups in total. The summed E-state index contributed by atoms with van der Waals surface area (Å²) in [5.41, 5.74) is 1.10. The molecule has 1 saturated carbocycles. The Balaban J connectivity index is 0.00000243. The first kappa shape index (κ1) is 21.4. The average Bonchev–Trinajstić information content (AvgIpc) is 3.14. The van der Waals surface area contributed by atoms with Gasteiger partial charge in [-0.15, -0.1) is 24.0 Å². The van der Waals surface area contributed by atoms with E-state index in [1.807, 2.05) is 12.1 Å². The molecule has 0 spiro atoms. The maximum Gasteiger partial charge on any atom is 0.191 e. The van der Waals surface area contributed by atoms with Crippen molar-refractivity contribution in [1.29, 1.82) is 0 Å². The van der Waals surface area contributed by atoms with Gasteiger partial charge < -0.3 is 15.4 Å². The molecule has 1 aromatic rings. The Labute approximate surface area is 173 Å². The molecule has 0 unspecified atom stereocenters. The van der Waals surface area contributed by atoms with E-state index in [2.05, 4.69) is 17.6 Å². The van der Waals surface area contributed by atoms with E-state index in [1.54, 1.807) is 12.1 Å². The molecule has 0 atom stereocenters. The van der Waals surface area contributed by atoms with E-state index < -0.39 is 0 Å². The van der Waals surface area contributed by atoms with Gasteiger partial charge in [-0.2, -0.15) is 0 Å². The highest BCUT2D eigenvalue weighted by atomic mass is 127. The van der Waals surface area contributed by atoms with E-state index in [-0.39, 0.29) is 35.2 Å². The minimum atomic E-state index is -0.189. The maximum atomic E-state index is 13.3. The first-order valence-electron chi connectivity index (χ1n) is 9.60. The Morgan fingerprint density at radius 1 is 1.19 bits per heavy atom. The largest absolute Gasteiger partial charge is 0.381 e. The number of benzene rings is 1. The minimum Gasteiger partial charge on any atom is -0.381 e. The fourth-order valence-electron chi connectivity index (χ4n) is 3.92. The quantitative estimate of drug-likeness (QED) is 0.385. The standard InChI is InChI=1S/C20H30FN3O.HI/c1-2-22-19(24-18-5-3-4-6-18)23-15-20(11-13-25-14-12-20)16-7-9-17(21)10-8-16;/h7-10,18H,2-6,11-15H2,1H3,(H2,22,23,24);1H. The molecule has 1 aliphatic heterocycles. The van der Waals surface area contributed by atoms with E-state index in [1.165, 1.54) is 25.7 Å². The van der Waals surface area contributed by atoms with Crippen LogP contribution in [0.25, 0.3) is 0 Å². The SMILES string of the molecule is CCNC(=NCC1(c2ccc(F)cc2)CCOCC1)NC1CCCC1.I. The molecule has 146 valence electrons. The van der Waals surface area contributed by atoms with Gasteiger partial charge in [0, 0.05) is 31.2 Å². The van der Waals surface area contributed by atoms with Crippen LogP contribution in [0.15, 0.2) is 29.3 Å². The predicted octanol–water partition coefficient (Wildman–Crippen LogP) is 3.99. The third-order valence-electron chi connectivity index (χ3n) is 5.49. The lowest BCUT2D eigenvalue weighted by Crippen LogP contribution is -2.44. The molecule has 0 bridgehead atoms. The van der Waals surface area contributed by atoms with Crippen LogP contribution in [-0.2, 0) is 10.2 Å². The second kappa shape index (κ2) is 10.4. The summed E-state index contributed by atoms with van der Waals surface area (Å²) < 4.78 is 18.9. The van der Waals surface area contributed by atoms with Crippen LogP contribution >= 0.6 is 24.0 Å². The number of nitrogens with zero attached hydrogens (tertiary/aromatic N) is 1. The normalized spacial score (nSPS) is 20.5. The van der Waals surface area contributed by atoms with Crippen molar-refractivity contribution < 1.29 is 9.13 Å². The summed E-state index contributed by atoms with van der Waals surface area (Å²) >= 11 is 0. The number of aliphatic imine (C=N–C) groups is 1. The smallest absolute Gasteiger partial charge is 0.191 e. The molecule has 4 nitrogen and oxygen atoms in total. The van der Waals surface area contributed by atoms with Crippen LogP contribution in [-0.4, -0.2) is 38.3 Å². The minimum absolute atomic E-state index is 0. The van der Waals surface area contributed by atoms with Gasteiger partial charge in [0.25, 0.3) is 0 Å². The van der Waals surface area contributed by atoms with Crippen LogP contribution in [0.4, 0.5) is 4.39 Å². The fourth-order valence-corrected chi connectivity index (χ4v) is 3.92. The number of ether oxygens (including phenoxy) is 1. The lowest BCUT2D eigenvalue weighted by atomic mass is 9.74. The zero-order chi connectivity index (χ0) is 17.5. The Morgan fingerprint density at radius 3 is 2.46 bits per heavy atom. The Kier molecular flexibility index (Phi) is 8.60. The van der Waals surface area contributed by atoms with Gasteiger partial charge in [0.05, 0.1) is 6.54 Å². The molecule has 1 aromatic carbocycles. The van der Waals surface area contributed by atoms with Crippen LogP contribution in [0.3, 0.4) is 0 Å². The summed E-state index contributed by atoms with van der Waals surface area (Å²) in [6.45, 7) is 5.12. The molecule has 1 saturated heterocycles. The summed E-state index contributed by atoms with van der Waals surface area (Å²) in [6.07, 6.45) is 6.89. The summed E-state index contributed by atoms with van der Waals surface area (Å²) in [6, 6.07) is 7.46. The summed E-state index contributed by atoms with van der Waals surface area (Å²) in [7, 11) is 0. The maximum absolute atomic E-state index is 13.3. The van der Waals surface area contributed by atoms with Crippen LogP contribution in [0.2, 0.25) is 0 Å². The summed E-state index contributed by atoms with van der Waals surface area (Å²) in [5.74, 6) is 0.716. The highest BCUT2D eigenvalue weighted by Gasteiger charge is 2.34. The van der Waals surface area contributed by atoms with Gasteiger partial charge in [0.15, 0.2) is 5.96 Å². The average molecular weight is 475 g/mol. The van der Waals surface area contributed by atoms with Gasteiger partial charge in [0.1, 0.15) is 5.82 Å². The highest BCUT2D eigenvalue weighted by molar-refractivity contribution is 14.0. The zero-order valence-electron chi connectivity index (χ0n) is 15.6. The first-order chi connectivity index (χ1) is 12.2. The predicted molar refractivity (Wildman–Crippen MR) is 115 cm³/mol. The third kappa shape index (κ3) is 5.55. The van der Waals surface area contributed by atoms with E-state index in [0.29, 0.717) is 12.6 Å². The lowest BCUT2D eigenvalue weighted by molar-refractivity contribution is 0.0530. The molecule has 2 fully saturated rings. The number of halogens is 2. The molecule has 0 aromatic heterocycles. The summed E-state index contributed by atoms with van der Waals surface area (Å²) in [4.78, 5) is 4.92. The third-order valence-corrected chi connectivity index (χ3v) is 5.49. The number of hydrogen-bond acceptors (Lipinski definition) is 2. The fraction of sp³-hybridized carbons (Fsp3) is 0.650. The van der Waals surface area contributed by atoms with Crippen LogP contribution in [0, 0.1) is 5.82 Å². The zero-order valence-corrected chi connectivity index (χ0v) is 17.9. The molecule has 2 aliphatic rings. The van der Waals surface area contributed by atoms with Crippen molar-refractivity contribution in [2.75, 3.05) is 26.3 Å². The Morgan fingerprint density at radius 2 is 1.85 bits per heavy atom. The molecule has 6 heteroatoms. The van der Waals surface area contributed by atoms with Gasteiger partial charge >= 0.3 is 0 Å². The first-order valence-corrected chi connectivity index (χ1v) is 9.60. The van der Waals surface area contributed by atoms with Crippen LogP contribution in [0.1, 0.15) is 51.0 Å². The molecule has 0 amide bonds. The van der Waals surface area contributed by atoms with Gasteiger partial charge in [-0.3, -0.25) is 4.99 Å². The van der Waals surface area contributed by atoms with Gasteiger partial charge in [-0.25, -0.2) is 4.39 Å². The number of nitrogens with one attached hydrogen (secondary N) is 2. The molecule has 3 rings (SSSR count). The Bertz CT molecular complexity index is 567. The van der Waals surface area contributed by atoms with Crippen LogP contribution < -0.4 is 10.6 Å². The monoisotopic (exact) mass is 475 g/mol. The van der Waals surface area contributed by atoms with Crippen molar-refractivity contribution in [2.45, 2.75) is 56.9 Å². The molecule has 0 radical (unpaired) electrons. The second-order valence-corrected chi connectivity index (χ2v) is 7.22. The van der Waals surface area contributed by atoms with E-state index in [4.69, 9.17) is 9.73 Å². The topological polar surface area (TPSA) is 45.7 Å². The van der Waals surface area contributed by atoms with Gasteiger partial charge in [0.2, 0.25) is 0 Å². The van der Waals surface area contributed by atoms with Gasteiger partial charge in [-0.1, -0.05) is 25.0 Å². The molecule has 1 heterocycles. The number of rotatable bonds is 5. The van der Waals surface area contributed by atoms with Crippen LogP contribution in [0.5, 0.6) is 0 Å². The van der Waals surface area contributed by atoms with Crippen molar-refractivity contribution in [3.8, 4) is 0 Å². The van der Waals surface area contributed by atoms with E-state index in [0.717, 1.165) is 44.1 Å². The van der Waals surface area contributed by atoms with Gasteiger partial charge in [-0.05, 0) is 50.3 Å². The Hall–Kier alpha value is -0.890. The van der Waals surface area contributed by atoms with Crippen molar-refractivity contribution >= 4 is 29.9 Å².